The summed E-state index contributed by atoms with van der Waals surface area (Å²) in [5.74, 6) is -4.22. The van der Waals surface area contributed by atoms with Gasteiger partial charge in [-0.3, -0.25) is 9.48 Å². The number of rotatable bonds is 7. The highest BCUT2D eigenvalue weighted by atomic mass is 19.4. The SMILES string of the molecule is CCOC(=O)c1cc(NC(=O)C2(c3ccc(C(F)(F)F)cc3F)CC2)cc(F)c1-c1cnn(CC(F)(F)F)c1. The highest BCUT2D eigenvalue weighted by Crippen LogP contribution is 2.50. The van der Waals surface area contributed by atoms with Crippen LogP contribution in [0.1, 0.15) is 41.3 Å². The number of carbonyl (C=O) groups excluding carboxylic acids is 2. The van der Waals surface area contributed by atoms with Gasteiger partial charge >= 0.3 is 18.3 Å². The van der Waals surface area contributed by atoms with Gasteiger partial charge in [0, 0.05) is 28.6 Å². The van der Waals surface area contributed by atoms with E-state index in [-0.39, 0.29) is 42.3 Å². The summed E-state index contributed by atoms with van der Waals surface area (Å²) in [6, 6.07) is 3.65. The maximum absolute atomic E-state index is 15.3. The largest absolute Gasteiger partial charge is 0.462 e. The molecule has 0 unspecified atom stereocenters. The molecule has 0 bridgehead atoms. The number of benzene rings is 2. The average molecular weight is 561 g/mol. The van der Waals surface area contributed by atoms with Gasteiger partial charge in [-0.05, 0) is 44.0 Å². The van der Waals surface area contributed by atoms with Crippen LogP contribution >= 0.6 is 0 Å². The van der Waals surface area contributed by atoms with Crippen LogP contribution in [-0.2, 0) is 27.7 Å². The predicted octanol–water partition coefficient (Wildman–Crippen LogP) is 6.26. The van der Waals surface area contributed by atoms with Gasteiger partial charge in [-0.2, -0.15) is 31.4 Å². The Bertz CT molecular complexity index is 1420. The van der Waals surface area contributed by atoms with Gasteiger partial charge in [0.05, 0.1) is 29.3 Å². The first kappa shape index (κ1) is 28.0. The number of nitrogens with zero attached hydrogens (tertiary/aromatic N) is 2. The summed E-state index contributed by atoms with van der Waals surface area (Å²) in [6.07, 6.45) is -7.37. The fourth-order valence-corrected chi connectivity index (χ4v) is 4.18. The standard InChI is InChI=1S/C25H19F8N3O3/c1-2-39-21(37)16-8-15(9-19(27)20(16)13-10-34-36(11-13)12-24(28,29)30)35-22(38)23(5-6-23)17-4-3-14(7-18(17)26)25(31,32)33/h3-4,7-11H,2,5-6,12H2,1H3,(H,35,38). The van der Waals surface area contributed by atoms with Crippen LogP contribution in [0.2, 0.25) is 0 Å². The predicted molar refractivity (Wildman–Crippen MR) is 121 cm³/mol. The molecule has 1 aliphatic carbocycles. The van der Waals surface area contributed by atoms with Crippen molar-refractivity contribution in [2.24, 2.45) is 0 Å². The van der Waals surface area contributed by atoms with Crippen LogP contribution in [0.4, 0.5) is 40.8 Å². The molecule has 0 atom stereocenters. The minimum Gasteiger partial charge on any atom is -0.462 e. The molecule has 3 aromatic rings. The van der Waals surface area contributed by atoms with E-state index in [0.717, 1.165) is 30.6 Å². The monoisotopic (exact) mass is 561 g/mol. The first-order valence-electron chi connectivity index (χ1n) is 11.4. The van der Waals surface area contributed by atoms with Crippen LogP contribution < -0.4 is 5.32 Å². The highest BCUT2D eigenvalue weighted by Gasteiger charge is 2.53. The first-order chi connectivity index (χ1) is 18.1. The van der Waals surface area contributed by atoms with Crippen LogP contribution in [0.25, 0.3) is 11.1 Å². The molecule has 1 aliphatic rings. The molecule has 0 saturated heterocycles. The number of amides is 1. The Labute approximate surface area is 215 Å². The smallest absolute Gasteiger partial charge is 0.416 e. The van der Waals surface area contributed by atoms with Crippen molar-refractivity contribution in [1.82, 2.24) is 9.78 Å². The van der Waals surface area contributed by atoms with Crippen LogP contribution in [-0.4, -0.2) is 34.4 Å². The summed E-state index contributed by atoms with van der Waals surface area (Å²) in [5.41, 5.74) is -4.28. The lowest BCUT2D eigenvalue weighted by Crippen LogP contribution is -2.29. The first-order valence-corrected chi connectivity index (χ1v) is 11.4. The molecule has 39 heavy (non-hydrogen) atoms. The fourth-order valence-electron chi connectivity index (χ4n) is 4.18. The molecule has 1 amide bonds. The third-order valence-corrected chi connectivity index (χ3v) is 6.10. The van der Waals surface area contributed by atoms with E-state index in [4.69, 9.17) is 4.74 Å². The molecule has 4 rings (SSSR count). The van der Waals surface area contributed by atoms with Gasteiger partial charge in [-0.25, -0.2) is 13.6 Å². The van der Waals surface area contributed by atoms with Crippen molar-refractivity contribution < 1.29 is 49.4 Å². The van der Waals surface area contributed by atoms with Crippen molar-refractivity contribution in [3.05, 3.63) is 71.1 Å². The molecule has 0 aliphatic heterocycles. The zero-order valence-corrected chi connectivity index (χ0v) is 20.0. The van der Waals surface area contributed by atoms with Crippen LogP contribution in [0.5, 0.6) is 0 Å². The van der Waals surface area contributed by atoms with Gasteiger partial charge in [0.15, 0.2) is 0 Å². The van der Waals surface area contributed by atoms with Crippen LogP contribution in [0.15, 0.2) is 42.7 Å². The van der Waals surface area contributed by atoms with Crippen molar-refractivity contribution in [1.29, 1.82) is 0 Å². The molecule has 1 heterocycles. The minimum atomic E-state index is -4.79. The lowest BCUT2D eigenvalue weighted by molar-refractivity contribution is -0.142. The van der Waals surface area contributed by atoms with E-state index < -0.39 is 64.5 Å². The van der Waals surface area contributed by atoms with Gasteiger partial charge in [0.1, 0.15) is 18.2 Å². The number of hydrogen-bond acceptors (Lipinski definition) is 4. The highest BCUT2D eigenvalue weighted by molar-refractivity contribution is 6.04. The van der Waals surface area contributed by atoms with E-state index in [9.17, 15) is 40.3 Å². The summed E-state index contributed by atoms with van der Waals surface area (Å²) in [7, 11) is 0. The van der Waals surface area contributed by atoms with Crippen LogP contribution in [0, 0.1) is 11.6 Å². The summed E-state index contributed by atoms with van der Waals surface area (Å²) in [5, 5.41) is 5.91. The second-order valence-corrected chi connectivity index (χ2v) is 8.87. The zero-order valence-electron chi connectivity index (χ0n) is 20.0. The number of hydrogen-bond donors (Lipinski definition) is 1. The molecule has 1 N–H and O–H groups in total. The molecule has 1 aromatic heterocycles. The molecule has 208 valence electrons. The van der Waals surface area contributed by atoms with Crippen molar-refractivity contribution in [2.75, 3.05) is 11.9 Å². The fraction of sp³-hybridized carbons (Fsp3) is 0.320. The molecule has 14 heteroatoms. The molecule has 0 spiro atoms. The zero-order chi connectivity index (χ0) is 28.8. The van der Waals surface area contributed by atoms with Gasteiger partial charge < -0.3 is 10.1 Å². The molecule has 1 fully saturated rings. The quantitative estimate of drug-likeness (QED) is 0.273. The van der Waals surface area contributed by atoms with Gasteiger partial charge in [-0.1, -0.05) is 6.07 Å². The lowest BCUT2D eigenvalue weighted by Gasteiger charge is -2.19. The normalized spacial score (nSPS) is 14.7. The third-order valence-electron chi connectivity index (χ3n) is 6.10. The second kappa shape index (κ2) is 9.97. The number of halogens is 8. The number of esters is 1. The number of carbonyl (C=O) groups is 2. The van der Waals surface area contributed by atoms with E-state index in [1.165, 1.54) is 6.92 Å². The Morgan fingerprint density at radius 2 is 1.74 bits per heavy atom. The molecule has 6 nitrogen and oxygen atoms in total. The van der Waals surface area contributed by atoms with Gasteiger partial charge in [0.2, 0.25) is 5.91 Å². The molecule has 0 radical (unpaired) electrons. The minimum absolute atomic E-state index is 0.102. The second-order valence-electron chi connectivity index (χ2n) is 8.87. The summed E-state index contributed by atoms with van der Waals surface area (Å²) in [6.45, 7) is -0.114. The summed E-state index contributed by atoms with van der Waals surface area (Å²) < 4.78 is 112. The number of alkyl halides is 6. The lowest BCUT2D eigenvalue weighted by atomic mass is 9.93. The molecular weight excluding hydrogens is 542 g/mol. The van der Waals surface area contributed by atoms with E-state index in [1.54, 1.807) is 0 Å². The number of ether oxygens (including phenoxy) is 1. The maximum atomic E-state index is 15.3. The number of nitrogens with one attached hydrogen (secondary N) is 1. The number of aromatic nitrogens is 2. The van der Waals surface area contributed by atoms with E-state index in [1.807, 2.05) is 0 Å². The van der Waals surface area contributed by atoms with Gasteiger partial charge in [0.25, 0.3) is 0 Å². The van der Waals surface area contributed by atoms with E-state index in [0.29, 0.717) is 10.7 Å². The Kier molecular flexibility index (Phi) is 7.17. The van der Waals surface area contributed by atoms with Crippen molar-refractivity contribution in [2.45, 2.75) is 44.1 Å². The Hall–Kier alpha value is -3.97. The Morgan fingerprint density at radius 3 is 2.31 bits per heavy atom. The van der Waals surface area contributed by atoms with Crippen molar-refractivity contribution >= 4 is 17.6 Å². The Balaban J connectivity index is 1.67. The average Bonchev–Trinajstić information content (AvgIpc) is 3.50. The summed E-state index contributed by atoms with van der Waals surface area (Å²) in [4.78, 5) is 25.7. The Morgan fingerprint density at radius 1 is 1.05 bits per heavy atom. The molecule has 2 aromatic carbocycles. The van der Waals surface area contributed by atoms with E-state index in [2.05, 4.69) is 10.4 Å². The molecular formula is C25H19F8N3O3. The number of anilines is 1. The summed E-state index contributed by atoms with van der Waals surface area (Å²) >= 11 is 0. The maximum Gasteiger partial charge on any atom is 0.416 e. The van der Waals surface area contributed by atoms with Crippen molar-refractivity contribution in [3.8, 4) is 11.1 Å². The van der Waals surface area contributed by atoms with Gasteiger partial charge in [-0.15, -0.1) is 0 Å². The topological polar surface area (TPSA) is 73.2 Å². The van der Waals surface area contributed by atoms with E-state index >= 15 is 4.39 Å². The third kappa shape index (κ3) is 5.88. The molecule has 1 saturated carbocycles. The van der Waals surface area contributed by atoms with Crippen molar-refractivity contribution in [3.63, 3.8) is 0 Å². The van der Waals surface area contributed by atoms with Crippen LogP contribution in [0.3, 0.4) is 0 Å².